The highest BCUT2D eigenvalue weighted by atomic mass is 32.2. The number of nitrogens with zero attached hydrogens (tertiary/aromatic N) is 1. The molecule has 14 heavy (non-hydrogen) atoms. The van der Waals surface area contributed by atoms with E-state index in [-0.39, 0.29) is 0 Å². The van der Waals surface area contributed by atoms with Crippen molar-refractivity contribution < 1.29 is 0 Å². The molecule has 1 aromatic heterocycles. The van der Waals surface area contributed by atoms with E-state index < -0.39 is 0 Å². The first kappa shape index (κ1) is 9.99. The highest BCUT2D eigenvalue weighted by Crippen LogP contribution is 2.16. The molecule has 1 atom stereocenters. The number of rotatable bonds is 4. The summed E-state index contributed by atoms with van der Waals surface area (Å²) in [5.41, 5.74) is 1.38. The van der Waals surface area contributed by atoms with Gasteiger partial charge in [0.1, 0.15) is 0 Å². The molecule has 3 heteroatoms. The second-order valence-corrected chi connectivity index (χ2v) is 4.69. The highest BCUT2D eigenvalue weighted by molar-refractivity contribution is 7.98. The van der Waals surface area contributed by atoms with Gasteiger partial charge in [-0.25, -0.2) is 0 Å². The summed E-state index contributed by atoms with van der Waals surface area (Å²) in [5, 5.41) is 3.51. The van der Waals surface area contributed by atoms with Gasteiger partial charge in [0.05, 0.1) is 0 Å². The summed E-state index contributed by atoms with van der Waals surface area (Å²) >= 11 is 2.01. The van der Waals surface area contributed by atoms with Crippen LogP contribution in [-0.2, 0) is 5.75 Å². The standard InChI is InChI=1S/C11H16N2S/c1-2-11(13-5-1)9-14-8-10-3-6-12-7-4-10/h3-4,6-7,11,13H,1-2,5,8-9H2/t11-/m1/s1. The molecule has 0 aromatic carbocycles. The van der Waals surface area contributed by atoms with Gasteiger partial charge in [0, 0.05) is 29.9 Å². The van der Waals surface area contributed by atoms with E-state index in [1.807, 2.05) is 24.2 Å². The first-order valence-corrected chi connectivity index (χ1v) is 6.30. The van der Waals surface area contributed by atoms with E-state index in [9.17, 15) is 0 Å². The summed E-state index contributed by atoms with van der Waals surface area (Å²) in [5.74, 6) is 2.35. The van der Waals surface area contributed by atoms with Crippen molar-refractivity contribution in [1.29, 1.82) is 0 Å². The number of aromatic nitrogens is 1. The molecule has 2 nitrogen and oxygen atoms in total. The van der Waals surface area contributed by atoms with Gasteiger partial charge in [-0.1, -0.05) is 0 Å². The summed E-state index contributed by atoms with van der Waals surface area (Å²) < 4.78 is 0. The van der Waals surface area contributed by atoms with Gasteiger partial charge < -0.3 is 5.32 Å². The average Bonchev–Trinajstić information content (AvgIpc) is 2.72. The summed E-state index contributed by atoms with van der Waals surface area (Å²) in [6.07, 6.45) is 6.43. The van der Waals surface area contributed by atoms with Gasteiger partial charge >= 0.3 is 0 Å². The molecule has 2 heterocycles. The molecular formula is C11H16N2S. The molecule has 0 bridgehead atoms. The fourth-order valence-electron chi connectivity index (χ4n) is 1.70. The third-order valence-corrected chi connectivity index (χ3v) is 3.68. The van der Waals surface area contributed by atoms with Crippen LogP contribution in [0.2, 0.25) is 0 Å². The minimum Gasteiger partial charge on any atom is -0.313 e. The molecule has 1 N–H and O–H groups in total. The Kier molecular flexibility index (Phi) is 3.83. The Morgan fingerprint density at radius 3 is 3.00 bits per heavy atom. The number of hydrogen-bond donors (Lipinski definition) is 1. The van der Waals surface area contributed by atoms with E-state index in [1.165, 1.54) is 30.7 Å². The van der Waals surface area contributed by atoms with Gasteiger partial charge in [-0.3, -0.25) is 4.98 Å². The molecule has 1 saturated heterocycles. The number of nitrogens with one attached hydrogen (secondary N) is 1. The maximum Gasteiger partial charge on any atom is 0.0270 e. The van der Waals surface area contributed by atoms with Crippen LogP contribution in [0, 0.1) is 0 Å². The first-order chi connectivity index (χ1) is 6.95. The quantitative estimate of drug-likeness (QED) is 0.820. The smallest absolute Gasteiger partial charge is 0.0270 e. The Labute approximate surface area is 89.5 Å². The summed E-state index contributed by atoms with van der Waals surface area (Å²) in [7, 11) is 0. The Morgan fingerprint density at radius 1 is 1.43 bits per heavy atom. The molecule has 0 spiro atoms. The van der Waals surface area contributed by atoms with Crippen molar-refractivity contribution in [3.8, 4) is 0 Å². The Balaban J connectivity index is 1.67. The molecule has 0 saturated carbocycles. The van der Waals surface area contributed by atoms with Crippen LogP contribution in [0.1, 0.15) is 18.4 Å². The minimum atomic E-state index is 0.752. The molecule has 1 fully saturated rings. The van der Waals surface area contributed by atoms with Gasteiger partial charge in [-0.15, -0.1) is 0 Å². The van der Waals surface area contributed by atoms with Crippen LogP contribution in [0.3, 0.4) is 0 Å². The topological polar surface area (TPSA) is 24.9 Å². The van der Waals surface area contributed by atoms with Gasteiger partial charge in [0.25, 0.3) is 0 Å². The lowest BCUT2D eigenvalue weighted by atomic mass is 10.3. The average molecular weight is 208 g/mol. The lowest BCUT2D eigenvalue weighted by molar-refractivity contribution is 0.674. The van der Waals surface area contributed by atoms with Crippen molar-refractivity contribution >= 4 is 11.8 Å². The number of hydrogen-bond acceptors (Lipinski definition) is 3. The zero-order valence-corrected chi connectivity index (χ0v) is 9.09. The SMILES string of the molecule is c1cc(CSC[C@H]2CCCN2)ccn1. The molecule has 0 aliphatic carbocycles. The lowest BCUT2D eigenvalue weighted by Gasteiger charge is -2.08. The van der Waals surface area contributed by atoms with Gasteiger partial charge in [-0.05, 0) is 37.1 Å². The summed E-state index contributed by atoms with van der Waals surface area (Å²) in [4.78, 5) is 4.01. The summed E-state index contributed by atoms with van der Waals surface area (Å²) in [6, 6.07) is 4.94. The van der Waals surface area contributed by atoms with Crippen LogP contribution < -0.4 is 5.32 Å². The Bertz CT molecular complexity index is 257. The molecular weight excluding hydrogens is 192 g/mol. The van der Waals surface area contributed by atoms with E-state index in [2.05, 4.69) is 22.4 Å². The van der Waals surface area contributed by atoms with Crippen LogP contribution in [0.25, 0.3) is 0 Å². The van der Waals surface area contributed by atoms with E-state index in [4.69, 9.17) is 0 Å². The minimum absolute atomic E-state index is 0.752. The Hall–Kier alpha value is -0.540. The fourth-order valence-corrected chi connectivity index (χ4v) is 2.81. The Morgan fingerprint density at radius 2 is 2.29 bits per heavy atom. The maximum atomic E-state index is 4.01. The molecule has 76 valence electrons. The third kappa shape index (κ3) is 3.00. The van der Waals surface area contributed by atoms with Crippen molar-refractivity contribution in [2.24, 2.45) is 0 Å². The fraction of sp³-hybridized carbons (Fsp3) is 0.545. The van der Waals surface area contributed by atoms with Gasteiger partial charge in [0.15, 0.2) is 0 Å². The highest BCUT2D eigenvalue weighted by Gasteiger charge is 2.13. The molecule has 0 unspecified atom stereocenters. The van der Waals surface area contributed by atoms with Crippen molar-refractivity contribution in [3.05, 3.63) is 30.1 Å². The number of thioether (sulfide) groups is 1. The van der Waals surface area contributed by atoms with Crippen molar-refractivity contribution in [2.45, 2.75) is 24.6 Å². The second kappa shape index (κ2) is 5.37. The molecule has 1 aliphatic heterocycles. The molecule has 2 rings (SSSR count). The normalized spacial score (nSPS) is 21.3. The van der Waals surface area contributed by atoms with Crippen LogP contribution in [-0.4, -0.2) is 23.3 Å². The van der Waals surface area contributed by atoms with Crippen molar-refractivity contribution in [3.63, 3.8) is 0 Å². The zero-order valence-electron chi connectivity index (χ0n) is 8.28. The van der Waals surface area contributed by atoms with Gasteiger partial charge in [0.2, 0.25) is 0 Å². The third-order valence-electron chi connectivity index (χ3n) is 2.50. The van der Waals surface area contributed by atoms with E-state index in [1.54, 1.807) is 0 Å². The predicted octanol–water partition coefficient (Wildman–Crippen LogP) is 2.07. The summed E-state index contributed by atoms with van der Waals surface area (Å²) in [6.45, 7) is 1.21. The van der Waals surface area contributed by atoms with Crippen molar-refractivity contribution in [1.82, 2.24) is 10.3 Å². The van der Waals surface area contributed by atoms with Crippen LogP contribution in [0.4, 0.5) is 0 Å². The van der Waals surface area contributed by atoms with Crippen LogP contribution in [0.5, 0.6) is 0 Å². The molecule has 0 radical (unpaired) electrons. The van der Waals surface area contributed by atoms with Crippen molar-refractivity contribution in [2.75, 3.05) is 12.3 Å². The van der Waals surface area contributed by atoms with Crippen LogP contribution in [0.15, 0.2) is 24.5 Å². The largest absolute Gasteiger partial charge is 0.313 e. The lowest BCUT2D eigenvalue weighted by Crippen LogP contribution is -2.23. The predicted molar refractivity (Wildman–Crippen MR) is 61.4 cm³/mol. The van der Waals surface area contributed by atoms with Gasteiger partial charge in [-0.2, -0.15) is 11.8 Å². The molecule has 1 aromatic rings. The monoisotopic (exact) mass is 208 g/mol. The van der Waals surface area contributed by atoms with E-state index >= 15 is 0 Å². The second-order valence-electron chi connectivity index (χ2n) is 3.66. The number of pyridine rings is 1. The molecule has 1 aliphatic rings. The first-order valence-electron chi connectivity index (χ1n) is 5.15. The zero-order chi connectivity index (χ0) is 9.64. The van der Waals surface area contributed by atoms with E-state index in [0.29, 0.717) is 0 Å². The van der Waals surface area contributed by atoms with Crippen LogP contribution >= 0.6 is 11.8 Å². The van der Waals surface area contributed by atoms with E-state index in [0.717, 1.165) is 11.8 Å². The maximum absolute atomic E-state index is 4.01. The molecule has 0 amide bonds.